The zero-order valence-electron chi connectivity index (χ0n) is 13.2. The summed E-state index contributed by atoms with van der Waals surface area (Å²) in [5.41, 5.74) is 2.29. The molecule has 2 rings (SSSR count). The number of anilines is 1. The largest absolute Gasteiger partial charge is 0.396 e. The molecule has 2 aromatic rings. The molecule has 1 aromatic carbocycles. The zero-order valence-corrected chi connectivity index (χ0v) is 14.0. The summed E-state index contributed by atoms with van der Waals surface area (Å²) in [5, 5.41) is 12.5. The summed E-state index contributed by atoms with van der Waals surface area (Å²) in [6.07, 6.45) is 3.20. The number of hydrogen-bond acceptors (Lipinski definition) is 4. The van der Waals surface area contributed by atoms with Crippen LogP contribution in [0.2, 0.25) is 5.02 Å². The molecule has 0 saturated carbocycles. The summed E-state index contributed by atoms with van der Waals surface area (Å²) < 4.78 is 0. The highest BCUT2D eigenvalue weighted by Crippen LogP contribution is 2.13. The Morgan fingerprint density at radius 1 is 1.22 bits per heavy atom. The number of aromatic amines is 1. The molecule has 0 bridgehead atoms. The SMILES string of the molecule is Cc1nc(NCCCCCO)[nH]c(=O)c1Cc1ccc(Cl)cc1. The van der Waals surface area contributed by atoms with Gasteiger partial charge in [-0.1, -0.05) is 23.7 Å². The van der Waals surface area contributed by atoms with Crippen LogP contribution in [0, 0.1) is 6.92 Å². The van der Waals surface area contributed by atoms with Gasteiger partial charge >= 0.3 is 0 Å². The molecule has 3 N–H and O–H groups in total. The highest BCUT2D eigenvalue weighted by Gasteiger charge is 2.09. The van der Waals surface area contributed by atoms with Gasteiger partial charge in [-0.2, -0.15) is 0 Å². The molecule has 0 atom stereocenters. The summed E-state index contributed by atoms with van der Waals surface area (Å²) >= 11 is 5.88. The molecular formula is C17H22ClN3O2. The van der Waals surface area contributed by atoms with Crippen molar-refractivity contribution < 1.29 is 5.11 Å². The molecule has 0 unspecified atom stereocenters. The number of halogens is 1. The first kappa shape index (κ1) is 17.5. The number of nitrogens with zero attached hydrogens (tertiary/aromatic N) is 1. The molecule has 0 amide bonds. The Labute approximate surface area is 140 Å². The van der Waals surface area contributed by atoms with Crippen molar-refractivity contribution in [2.24, 2.45) is 0 Å². The molecule has 0 spiro atoms. The third-order valence-electron chi connectivity index (χ3n) is 3.64. The zero-order chi connectivity index (χ0) is 16.7. The van der Waals surface area contributed by atoms with Crippen molar-refractivity contribution in [2.75, 3.05) is 18.5 Å². The van der Waals surface area contributed by atoms with E-state index in [0.29, 0.717) is 23.0 Å². The van der Waals surface area contributed by atoms with E-state index in [1.807, 2.05) is 31.2 Å². The van der Waals surface area contributed by atoms with Crippen LogP contribution in [0.4, 0.5) is 5.95 Å². The van der Waals surface area contributed by atoms with E-state index >= 15 is 0 Å². The van der Waals surface area contributed by atoms with Gasteiger partial charge < -0.3 is 10.4 Å². The lowest BCUT2D eigenvalue weighted by atomic mass is 10.1. The van der Waals surface area contributed by atoms with Crippen molar-refractivity contribution >= 4 is 17.5 Å². The van der Waals surface area contributed by atoms with Crippen LogP contribution in [-0.2, 0) is 6.42 Å². The molecule has 124 valence electrons. The number of unbranched alkanes of at least 4 members (excludes halogenated alkanes) is 2. The highest BCUT2D eigenvalue weighted by atomic mass is 35.5. The predicted octanol–water partition coefficient (Wildman–Crippen LogP) is 2.90. The van der Waals surface area contributed by atoms with Crippen molar-refractivity contribution in [3.8, 4) is 0 Å². The summed E-state index contributed by atoms with van der Waals surface area (Å²) in [6.45, 7) is 2.78. The van der Waals surface area contributed by atoms with Gasteiger partial charge in [-0.25, -0.2) is 4.98 Å². The van der Waals surface area contributed by atoms with Gasteiger partial charge in [0.1, 0.15) is 0 Å². The van der Waals surface area contributed by atoms with Crippen molar-refractivity contribution in [3.63, 3.8) is 0 Å². The van der Waals surface area contributed by atoms with Gasteiger partial charge in [0.05, 0.1) is 5.69 Å². The quantitative estimate of drug-likeness (QED) is 0.648. The lowest BCUT2D eigenvalue weighted by molar-refractivity contribution is 0.283. The van der Waals surface area contributed by atoms with Gasteiger partial charge in [0.15, 0.2) is 0 Å². The minimum absolute atomic E-state index is 0.120. The fraction of sp³-hybridized carbons (Fsp3) is 0.412. The van der Waals surface area contributed by atoms with Crippen molar-refractivity contribution in [3.05, 3.63) is 56.5 Å². The van der Waals surface area contributed by atoms with Gasteiger partial charge in [-0.3, -0.25) is 9.78 Å². The van der Waals surface area contributed by atoms with E-state index in [2.05, 4.69) is 15.3 Å². The first-order valence-corrected chi connectivity index (χ1v) is 8.17. The van der Waals surface area contributed by atoms with Gasteiger partial charge in [0.25, 0.3) is 5.56 Å². The minimum Gasteiger partial charge on any atom is -0.396 e. The van der Waals surface area contributed by atoms with Crippen molar-refractivity contribution in [1.29, 1.82) is 0 Å². The van der Waals surface area contributed by atoms with Gasteiger partial charge in [-0.05, 0) is 43.9 Å². The average Bonchev–Trinajstić information content (AvgIpc) is 2.52. The number of aliphatic hydroxyl groups excluding tert-OH is 1. The molecule has 1 heterocycles. The monoisotopic (exact) mass is 335 g/mol. The molecular weight excluding hydrogens is 314 g/mol. The number of nitrogens with one attached hydrogen (secondary N) is 2. The molecule has 0 fully saturated rings. The normalized spacial score (nSPS) is 10.7. The van der Waals surface area contributed by atoms with E-state index < -0.39 is 0 Å². The molecule has 6 heteroatoms. The lowest BCUT2D eigenvalue weighted by Gasteiger charge is -2.09. The third kappa shape index (κ3) is 5.37. The van der Waals surface area contributed by atoms with E-state index in [4.69, 9.17) is 16.7 Å². The maximum atomic E-state index is 12.3. The van der Waals surface area contributed by atoms with Crippen LogP contribution >= 0.6 is 11.6 Å². The van der Waals surface area contributed by atoms with E-state index in [1.165, 1.54) is 0 Å². The fourth-order valence-corrected chi connectivity index (χ4v) is 2.46. The maximum Gasteiger partial charge on any atom is 0.256 e. The number of aromatic nitrogens is 2. The van der Waals surface area contributed by atoms with E-state index in [1.54, 1.807) is 0 Å². The van der Waals surface area contributed by atoms with Crippen LogP contribution in [-0.4, -0.2) is 28.2 Å². The Balaban J connectivity index is 2.02. The predicted molar refractivity (Wildman–Crippen MR) is 93.3 cm³/mol. The lowest BCUT2D eigenvalue weighted by Crippen LogP contribution is -2.20. The second-order valence-electron chi connectivity index (χ2n) is 5.49. The summed E-state index contributed by atoms with van der Waals surface area (Å²) in [5.74, 6) is 0.497. The Morgan fingerprint density at radius 3 is 2.61 bits per heavy atom. The number of rotatable bonds is 8. The molecule has 0 aliphatic rings. The molecule has 0 aliphatic carbocycles. The molecule has 0 saturated heterocycles. The fourth-order valence-electron chi connectivity index (χ4n) is 2.33. The smallest absolute Gasteiger partial charge is 0.256 e. The second kappa shape index (κ2) is 8.70. The second-order valence-corrected chi connectivity index (χ2v) is 5.93. The topological polar surface area (TPSA) is 78.0 Å². The number of H-pyrrole nitrogens is 1. The van der Waals surface area contributed by atoms with Crippen LogP contribution in [0.25, 0.3) is 0 Å². The van der Waals surface area contributed by atoms with Gasteiger partial charge in [0.2, 0.25) is 5.95 Å². The Bertz CT molecular complexity index is 683. The standard InChI is InChI=1S/C17H22ClN3O2/c1-12-15(11-13-5-7-14(18)8-6-13)16(23)21-17(20-12)19-9-3-2-4-10-22/h5-8,22H,2-4,9-11H2,1H3,(H2,19,20,21,23). The number of aryl methyl sites for hydroxylation is 1. The minimum atomic E-state index is -0.120. The van der Waals surface area contributed by atoms with Crippen LogP contribution in [0.1, 0.15) is 36.1 Å². The van der Waals surface area contributed by atoms with Crippen LogP contribution in [0.15, 0.2) is 29.1 Å². The first-order chi connectivity index (χ1) is 11.1. The Hall–Kier alpha value is -1.85. The molecule has 5 nitrogen and oxygen atoms in total. The van der Waals surface area contributed by atoms with Crippen LogP contribution in [0.5, 0.6) is 0 Å². The average molecular weight is 336 g/mol. The van der Waals surface area contributed by atoms with Crippen LogP contribution in [0.3, 0.4) is 0 Å². The van der Waals surface area contributed by atoms with Crippen molar-refractivity contribution in [2.45, 2.75) is 32.6 Å². The molecule has 0 aliphatic heterocycles. The highest BCUT2D eigenvalue weighted by molar-refractivity contribution is 6.30. The van der Waals surface area contributed by atoms with Crippen molar-refractivity contribution in [1.82, 2.24) is 9.97 Å². The molecule has 1 aromatic heterocycles. The van der Waals surface area contributed by atoms with Crippen LogP contribution < -0.4 is 10.9 Å². The molecule has 0 radical (unpaired) electrons. The van der Waals surface area contributed by atoms with Gasteiger partial charge in [-0.15, -0.1) is 0 Å². The number of benzene rings is 1. The summed E-state index contributed by atoms with van der Waals surface area (Å²) in [7, 11) is 0. The number of aliphatic hydroxyl groups is 1. The number of hydrogen-bond donors (Lipinski definition) is 3. The van der Waals surface area contributed by atoms with E-state index in [-0.39, 0.29) is 12.2 Å². The Kier molecular flexibility index (Phi) is 6.62. The summed E-state index contributed by atoms with van der Waals surface area (Å²) in [6, 6.07) is 7.45. The molecule has 23 heavy (non-hydrogen) atoms. The van der Waals surface area contributed by atoms with E-state index in [9.17, 15) is 4.79 Å². The maximum absolute atomic E-state index is 12.3. The summed E-state index contributed by atoms with van der Waals surface area (Å²) in [4.78, 5) is 19.5. The van der Waals surface area contributed by atoms with Gasteiger partial charge in [0, 0.05) is 30.2 Å². The third-order valence-corrected chi connectivity index (χ3v) is 3.90. The van der Waals surface area contributed by atoms with E-state index in [0.717, 1.165) is 37.1 Å². The first-order valence-electron chi connectivity index (χ1n) is 7.79. The Morgan fingerprint density at radius 2 is 1.96 bits per heavy atom.